The molecule has 19 nitrogen and oxygen atoms in total. The summed E-state index contributed by atoms with van der Waals surface area (Å²) in [5.41, 5.74) is 0.904. The standard InChI is InChI=1S/C44H59N9O10S/c1-45-41-31(9-12-39(56)52(41)33-5-2-3-6-33)29-47-32-13-16-50(17-14-32)64-51-20-18-49(19-21-51)22-24-61-26-28-62-27-25-60-23-15-46-38(55)30-63-36-8-4-7-34-40(36)44(59)53(43(34)58)35-10-11-37(54)48-42(35)57/h4,7-9,12,29,32-33,35H,1-3,5-6,10-11,13-28,30H2,(H,46,55)(H,48,54,57)/b47-29-. The molecule has 1 aromatic heterocycles. The number of hydrogen-bond acceptors (Lipinski definition) is 16. The Labute approximate surface area is 377 Å². The molecule has 2 aromatic rings. The van der Waals surface area contributed by atoms with Crippen molar-refractivity contribution in [3.05, 3.63) is 57.4 Å². The Morgan fingerprint density at radius 3 is 2.25 bits per heavy atom. The van der Waals surface area contributed by atoms with E-state index >= 15 is 0 Å². The Bertz CT molecular complexity index is 2080. The summed E-state index contributed by atoms with van der Waals surface area (Å²) < 4.78 is 29.3. The predicted molar refractivity (Wildman–Crippen MR) is 239 cm³/mol. The average Bonchev–Trinajstić information content (AvgIpc) is 3.92. The molecular weight excluding hydrogens is 847 g/mol. The molecule has 4 fully saturated rings. The van der Waals surface area contributed by atoms with Crippen LogP contribution in [-0.2, 0) is 28.6 Å². The number of nitrogens with zero attached hydrogens (tertiary/aromatic N) is 7. The van der Waals surface area contributed by atoms with E-state index in [4.69, 9.17) is 23.9 Å². The monoisotopic (exact) mass is 905 g/mol. The first-order chi connectivity index (χ1) is 31.2. The number of imide groups is 2. The minimum absolute atomic E-state index is 0.0116. The quantitative estimate of drug-likeness (QED) is 0.0751. The molecule has 1 saturated carbocycles. The maximum absolute atomic E-state index is 13.2. The first kappa shape index (κ1) is 47.1. The fourth-order valence-corrected chi connectivity index (χ4v) is 9.62. The van der Waals surface area contributed by atoms with Crippen LogP contribution >= 0.6 is 12.1 Å². The van der Waals surface area contributed by atoms with Gasteiger partial charge in [-0.15, -0.1) is 0 Å². The second-order valence-corrected chi connectivity index (χ2v) is 17.5. The number of amides is 5. The van der Waals surface area contributed by atoms with Gasteiger partial charge in [0.25, 0.3) is 23.3 Å². The van der Waals surface area contributed by atoms with E-state index in [9.17, 15) is 28.8 Å². The first-order valence-corrected chi connectivity index (χ1v) is 23.1. The van der Waals surface area contributed by atoms with Crippen molar-refractivity contribution in [3.8, 4) is 5.75 Å². The van der Waals surface area contributed by atoms with Crippen molar-refractivity contribution in [2.45, 2.75) is 69.5 Å². The van der Waals surface area contributed by atoms with Gasteiger partial charge >= 0.3 is 0 Å². The summed E-state index contributed by atoms with van der Waals surface area (Å²) in [6.45, 7) is 13.0. The fraction of sp³-hybridized carbons (Fsp3) is 0.591. The van der Waals surface area contributed by atoms with Gasteiger partial charge in [0.2, 0.25) is 11.8 Å². The molecule has 5 aliphatic rings. The maximum Gasteiger partial charge on any atom is 0.266 e. The molecule has 0 spiro atoms. The van der Waals surface area contributed by atoms with Crippen LogP contribution in [0.3, 0.4) is 0 Å². The molecule has 0 bridgehead atoms. The number of benzene rings is 1. The Morgan fingerprint density at radius 1 is 0.828 bits per heavy atom. The Morgan fingerprint density at radius 2 is 1.53 bits per heavy atom. The summed E-state index contributed by atoms with van der Waals surface area (Å²) >= 11 is 1.85. The number of pyridine rings is 1. The normalized spacial score (nSPS) is 20.6. The van der Waals surface area contributed by atoms with Gasteiger partial charge in [0.05, 0.1) is 56.8 Å². The van der Waals surface area contributed by atoms with E-state index in [1.165, 1.54) is 18.2 Å². The van der Waals surface area contributed by atoms with Gasteiger partial charge in [-0.2, -0.15) is 0 Å². The summed E-state index contributed by atoms with van der Waals surface area (Å²) in [7, 11) is 0. The van der Waals surface area contributed by atoms with E-state index in [1.54, 1.807) is 6.07 Å². The molecule has 5 amide bonds. The van der Waals surface area contributed by atoms with Crippen molar-refractivity contribution in [2.75, 3.05) is 98.6 Å². The number of piperidine rings is 2. The van der Waals surface area contributed by atoms with Gasteiger partial charge in [-0.25, -0.2) is 13.6 Å². The molecular formula is C44H59N9O10S. The third-order valence-electron chi connectivity index (χ3n) is 12.0. The van der Waals surface area contributed by atoms with Crippen LogP contribution in [0.2, 0.25) is 0 Å². The van der Waals surface area contributed by atoms with E-state index in [0.717, 1.165) is 94.8 Å². The number of aliphatic imine (C=N–C) groups is 2. The van der Waals surface area contributed by atoms with Crippen LogP contribution in [-0.4, -0.2) is 176 Å². The van der Waals surface area contributed by atoms with Crippen LogP contribution in [0.15, 0.2) is 45.1 Å². The van der Waals surface area contributed by atoms with Crippen molar-refractivity contribution in [1.29, 1.82) is 0 Å². The number of rotatable bonds is 22. The largest absolute Gasteiger partial charge is 0.483 e. The molecule has 5 heterocycles. The van der Waals surface area contributed by atoms with Crippen LogP contribution in [0, 0.1) is 0 Å². The number of piperazine rings is 1. The lowest BCUT2D eigenvalue weighted by molar-refractivity contribution is -0.136. The molecule has 4 aliphatic heterocycles. The molecule has 2 N–H and O–H groups in total. The topological polar surface area (TPSA) is 206 Å². The molecule has 1 atom stereocenters. The van der Waals surface area contributed by atoms with Crippen molar-refractivity contribution < 1.29 is 42.9 Å². The van der Waals surface area contributed by atoms with Crippen molar-refractivity contribution in [2.24, 2.45) is 9.98 Å². The molecule has 20 heteroatoms. The second-order valence-electron chi connectivity index (χ2n) is 16.3. The average molecular weight is 906 g/mol. The Kier molecular flexibility index (Phi) is 17.2. The molecule has 7 rings (SSSR count). The zero-order valence-corrected chi connectivity index (χ0v) is 37.1. The van der Waals surface area contributed by atoms with Crippen LogP contribution in [0.1, 0.15) is 83.7 Å². The summed E-state index contributed by atoms with van der Waals surface area (Å²) in [5.74, 6) is -2.27. The Balaban J connectivity index is 0.672. The van der Waals surface area contributed by atoms with Gasteiger partial charge in [0, 0.05) is 94.8 Å². The van der Waals surface area contributed by atoms with E-state index in [0.29, 0.717) is 38.9 Å². The first-order valence-electron chi connectivity index (χ1n) is 22.3. The van der Waals surface area contributed by atoms with E-state index in [2.05, 4.69) is 35.9 Å². The number of carbonyl (C=O) groups is 5. The van der Waals surface area contributed by atoms with Crippen molar-refractivity contribution in [3.63, 3.8) is 0 Å². The van der Waals surface area contributed by atoms with E-state index in [1.807, 2.05) is 29.0 Å². The lowest BCUT2D eigenvalue weighted by Gasteiger charge is -2.37. The van der Waals surface area contributed by atoms with Crippen LogP contribution in [0.25, 0.3) is 0 Å². The van der Waals surface area contributed by atoms with Crippen LogP contribution in [0.4, 0.5) is 5.82 Å². The van der Waals surface area contributed by atoms with Gasteiger partial charge in [0.15, 0.2) is 6.61 Å². The lowest BCUT2D eigenvalue weighted by Crippen LogP contribution is -2.54. The van der Waals surface area contributed by atoms with Crippen LogP contribution < -0.4 is 20.9 Å². The zero-order chi connectivity index (χ0) is 44.8. The summed E-state index contributed by atoms with van der Waals surface area (Å²) in [6.07, 6.45) is 8.22. The number of nitrogens with one attached hydrogen (secondary N) is 2. The maximum atomic E-state index is 13.2. The van der Waals surface area contributed by atoms with Gasteiger partial charge in [-0.05, 0) is 57.0 Å². The summed E-state index contributed by atoms with van der Waals surface area (Å²) in [4.78, 5) is 87.6. The minimum Gasteiger partial charge on any atom is -0.483 e. The molecule has 3 saturated heterocycles. The molecule has 1 aromatic carbocycles. The third kappa shape index (κ3) is 12.3. The molecule has 1 aliphatic carbocycles. The highest BCUT2D eigenvalue weighted by Crippen LogP contribution is 2.34. The van der Waals surface area contributed by atoms with Gasteiger partial charge < -0.3 is 24.3 Å². The number of aromatic nitrogens is 1. The predicted octanol–water partition coefficient (Wildman–Crippen LogP) is 2.01. The van der Waals surface area contributed by atoms with Gasteiger partial charge in [-0.1, -0.05) is 18.9 Å². The lowest BCUT2D eigenvalue weighted by atomic mass is 10.0. The minimum atomic E-state index is -1.10. The highest BCUT2D eigenvalue weighted by Gasteiger charge is 2.46. The summed E-state index contributed by atoms with van der Waals surface area (Å²) in [5, 5.41) is 4.85. The molecule has 346 valence electrons. The summed E-state index contributed by atoms with van der Waals surface area (Å²) in [6, 6.07) is 7.28. The number of carbonyl (C=O) groups excluding carboxylic acids is 5. The Hall–Kier alpha value is -4.83. The van der Waals surface area contributed by atoms with Gasteiger partial charge in [0.1, 0.15) is 17.6 Å². The van der Waals surface area contributed by atoms with E-state index in [-0.39, 0.29) is 60.5 Å². The highest BCUT2D eigenvalue weighted by molar-refractivity contribution is 7.94. The number of fused-ring (bicyclic) bond motifs is 1. The number of hydrogen-bond donors (Lipinski definition) is 2. The fourth-order valence-electron chi connectivity index (χ4n) is 8.60. The van der Waals surface area contributed by atoms with E-state index < -0.39 is 42.2 Å². The molecule has 1 unspecified atom stereocenters. The molecule has 64 heavy (non-hydrogen) atoms. The second kappa shape index (κ2) is 23.4. The molecule has 0 radical (unpaired) electrons. The third-order valence-corrected chi connectivity index (χ3v) is 13.2. The van der Waals surface area contributed by atoms with Crippen LogP contribution in [0.5, 0.6) is 5.75 Å². The van der Waals surface area contributed by atoms with Crippen molar-refractivity contribution >= 4 is 60.4 Å². The number of ether oxygens (including phenoxy) is 4. The SMILES string of the molecule is C=Nc1c(/C=N\C2CCN(SN3CCN(CCOCCOCCOCCNC(=O)COc4cccc5c4C(=O)N(C4CCC(=O)NC4=O)C5=O)CC3)CC2)ccc(=O)n1C1CCCC1. The zero-order valence-electron chi connectivity index (χ0n) is 36.3. The van der Waals surface area contributed by atoms with Gasteiger partial charge in [-0.3, -0.25) is 53.4 Å². The highest BCUT2D eigenvalue weighted by atomic mass is 32.2. The van der Waals surface area contributed by atoms with Crippen molar-refractivity contribution in [1.82, 2.24) is 33.6 Å². The smallest absolute Gasteiger partial charge is 0.266 e.